The molecule has 0 N–H and O–H groups in total. The second-order valence-corrected chi connectivity index (χ2v) is 4.23. The van der Waals surface area contributed by atoms with Crippen LogP contribution in [0.4, 0.5) is 13.2 Å². The largest absolute Gasteiger partial charge is 0.573 e. The zero-order valence-electron chi connectivity index (χ0n) is 11.0. The minimum atomic E-state index is -4.85. The number of halogens is 4. The first-order valence-corrected chi connectivity index (χ1v) is 6.24. The summed E-state index contributed by atoms with van der Waals surface area (Å²) in [5.41, 5.74) is -0.00790. The van der Waals surface area contributed by atoms with Gasteiger partial charge in [0.2, 0.25) is 5.89 Å². The molecule has 0 fully saturated rings. The first-order valence-electron chi connectivity index (χ1n) is 5.86. The molecule has 0 aliphatic carbocycles. The monoisotopic (exact) mass is 336 g/mol. The smallest absolute Gasteiger partial charge is 0.459 e. The van der Waals surface area contributed by atoms with E-state index in [-0.39, 0.29) is 23.1 Å². The van der Waals surface area contributed by atoms with Crippen LogP contribution in [0.3, 0.4) is 0 Å². The summed E-state index contributed by atoms with van der Waals surface area (Å²) in [4.78, 5) is 11.4. The number of rotatable bonds is 4. The molecule has 0 saturated carbocycles. The summed E-state index contributed by atoms with van der Waals surface area (Å²) in [7, 11) is 0. The number of hydrogen-bond acceptors (Lipinski definition) is 6. The van der Waals surface area contributed by atoms with Gasteiger partial charge in [0, 0.05) is 0 Å². The van der Waals surface area contributed by atoms with Crippen LogP contribution in [0, 0.1) is 0 Å². The van der Waals surface area contributed by atoms with Gasteiger partial charge in [-0.15, -0.1) is 23.4 Å². The number of ether oxygens (including phenoxy) is 2. The lowest BCUT2D eigenvalue weighted by atomic mass is 10.2. The number of alkyl halides is 3. The van der Waals surface area contributed by atoms with Crippen LogP contribution in [0.25, 0.3) is 11.5 Å². The Bertz CT molecular complexity index is 687. The van der Waals surface area contributed by atoms with E-state index < -0.39 is 24.0 Å². The van der Waals surface area contributed by atoms with Gasteiger partial charge in [0.1, 0.15) is 5.75 Å². The van der Waals surface area contributed by atoms with Gasteiger partial charge in [0.15, 0.2) is 0 Å². The summed E-state index contributed by atoms with van der Waals surface area (Å²) < 4.78 is 50.1. The number of carbonyl (C=O) groups is 1. The fourth-order valence-corrected chi connectivity index (χ4v) is 1.67. The summed E-state index contributed by atoms with van der Waals surface area (Å²) in [5.74, 6) is -2.03. The first kappa shape index (κ1) is 16.1. The standard InChI is InChI=1S/C12H8ClF3N2O4/c1-2-20-11(19)10-18-17-9(21-10)7-5-6(3-4-8(7)13)22-12(14,15)16/h3-5H,2H2,1H3. The third-order valence-corrected chi connectivity index (χ3v) is 2.61. The van der Waals surface area contributed by atoms with Gasteiger partial charge in [-0.1, -0.05) is 11.6 Å². The number of nitrogens with zero attached hydrogens (tertiary/aromatic N) is 2. The van der Waals surface area contributed by atoms with E-state index in [4.69, 9.17) is 16.0 Å². The molecule has 0 saturated heterocycles. The molecule has 0 amide bonds. The van der Waals surface area contributed by atoms with E-state index in [1.165, 1.54) is 6.07 Å². The summed E-state index contributed by atoms with van der Waals surface area (Å²) in [5, 5.41) is 7.04. The first-order chi connectivity index (χ1) is 10.3. The summed E-state index contributed by atoms with van der Waals surface area (Å²) in [6.45, 7) is 1.69. The number of esters is 1. The lowest BCUT2D eigenvalue weighted by molar-refractivity contribution is -0.274. The summed E-state index contributed by atoms with van der Waals surface area (Å²) in [6, 6.07) is 3.17. The minimum absolute atomic E-state index is 0.00790. The van der Waals surface area contributed by atoms with Crippen LogP contribution in [0.5, 0.6) is 5.75 Å². The van der Waals surface area contributed by atoms with Gasteiger partial charge in [-0.3, -0.25) is 0 Å². The SMILES string of the molecule is CCOC(=O)c1nnc(-c2cc(OC(F)(F)F)ccc2Cl)o1. The third kappa shape index (κ3) is 3.88. The molecule has 118 valence electrons. The zero-order chi connectivity index (χ0) is 16.3. The Morgan fingerprint density at radius 1 is 1.36 bits per heavy atom. The lowest BCUT2D eigenvalue weighted by Crippen LogP contribution is -2.17. The van der Waals surface area contributed by atoms with Crippen molar-refractivity contribution in [3.63, 3.8) is 0 Å². The van der Waals surface area contributed by atoms with Crippen molar-refractivity contribution >= 4 is 17.6 Å². The maximum atomic E-state index is 12.2. The summed E-state index contributed by atoms with van der Waals surface area (Å²) in [6.07, 6.45) is -4.85. The number of hydrogen-bond donors (Lipinski definition) is 0. The Balaban J connectivity index is 2.32. The van der Waals surface area contributed by atoms with Gasteiger partial charge >= 0.3 is 18.2 Å². The van der Waals surface area contributed by atoms with E-state index in [1.807, 2.05) is 0 Å². The van der Waals surface area contributed by atoms with E-state index >= 15 is 0 Å². The predicted octanol–water partition coefficient (Wildman–Crippen LogP) is 3.47. The highest BCUT2D eigenvalue weighted by atomic mass is 35.5. The second kappa shape index (κ2) is 6.22. The minimum Gasteiger partial charge on any atom is -0.459 e. The second-order valence-electron chi connectivity index (χ2n) is 3.82. The highest BCUT2D eigenvalue weighted by Gasteiger charge is 2.31. The van der Waals surface area contributed by atoms with Crippen molar-refractivity contribution in [3.05, 3.63) is 29.1 Å². The molecule has 2 rings (SSSR count). The van der Waals surface area contributed by atoms with E-state index in [0.717, 1.165) is 12.1 Å². The quantitative estimate of drug-likeness (QED) is 0.796. The van der Waals surface area contributed by atoms with Gasteiger partial charge < -0.3 is 13.9 Å². The lowest BCUT2D eigenvalue weighted by Gasteiger charge is -2.09. The van der Waals surface area contributed by atoms with E-state index in [1.54, 1.807) is 6.92 Å². The molecule has 6 nitrogen and oxygen atoms in total. The number of carbonyl (C=O) groups excluding carboxylic acids is 1. The zero-order valence-corrected chi connectivity index (χ0v) is 11.7. The van der Waals surface area contributed by atoms with Crippen LogP contribution in [0.15, 0.2) is 22.6 Å². The average Bonchev–Trinajstić information content (AvgIpc) is 2.89. The van der Waals surface area contributed by atoms with Gasteiger partial charge in [0.25, 0.3) is 0 Å². The molecule has 22 heavy (non-hydrogen) atoms. The van der Waals surface area contributed by atoms with Crippen molar-refractivity contribution < 1.29 is 31.9 Å². The molecule has 10 heteroatoms. The fourth-order valence-electron chi connectivity index (χ4n) is 1.47. The molecule has 2 aromatic rings. The van der Waals surface area contributed by atoms with Gasteiger partial charge in [0.05, 0.1) is 17.2 Å². The van der Waals surface area contributed by atoms with E-state index in [9.17, 15) is 18.0 Å². The van der Waals surface area contributed by atoms with E-state index in [2.05, 4.69) is 19.7 Å². The molecule has 0 spiro atoms. The van der Waals surface area contributed by atoms with Crippen molar-refractivity contribution in [2.75, 3.05) is 6.61 Å². The number of benzene rings is 1. The molecule has 0 atom stereocenters. The van der Waals surface area contributed by atoms with Gasteiger partial charge in [-0.2, -0.15) is 0 Å². The van der Waals surface area contributed by atoms with Crippen molar-refractivity contribution in [1.82, 2.24) is 10.2 Å². The van der Waals surface area contributed by atoms with Crippen LogP contribution in [-0.4, -0.2) is 29.1 Å². The molecule has 0 unspecified atom stereocenters. The maximum Gasteiger partial charge on any atom is 0.573 e. The van der Waals surface area contributed by atoms with Crippen LogP contribution in [0.2, 0.25) is 5.02 Å². The van der Waals surface area contributed by atoms with E-state index in [0.29, 0.717) is 0 Å². The Morgan fingerprint density at radius 3 is 2.73 bits per heavy atom. The Kier molecular flexibility index (Phi) is 4.55. The van der Waals surface area contributed by atoms with Gasteiger partial charge in [-0.05, 0) is 25.1 Å². The van der Waals surface area contributed by atoms with Crippen LogP contribution >= 0.6 is 11.6 Å². The Morgan fingerprint density at radius 2 is 2.09 bits per heavy atom. The van der Waals surface area contributed by atoms with Crippen LogP contribution < -0.4 is 4.74 Å². The molecule has 0 aliphatic heterocycles. The normalized spacial score (nSPS) is 11.3. The van der Waals surface area contributed by atoms with Crippen LogP contribution in [-0.2, 0) is 4.74 Å². The molecular weight excluding hydrogens is 329 g/mol. The Hall–Kier alpha value is -2.29. The predicted molar refractivity (Wildman–Crippen MR) is 67.4 cm³/mol. The molecule has 1 aromatic heterocycles. The average molecular weight is 337 g/mol. The molecular formula is C12H8ClF3N2O4. The Labute approximate surface area is 126 Å². The van der Waals surface area contributed by atoms with Crippen molar-refractivity contribution in [2.45, 2.75) is 13.3 Å². The molecule has 0 radical (unpaired) electrons. The highest BCUT2D eigenvalue weighted by molar-refractivity contribution is 6.33. The topological polar surface area (TPSA) is 74.5 Å². The number of aromatic nitrogens is 2. The van der Waals surface area contributed by atoms with Crippen molar-refractivity contribution in [2.24, 2.45) is 0 Å². The third-order valence-electron chi connectivity index (χ3n) is 2.28. The fraction of sp³-hybridized carbons (Fsp3) is 0.250. The maximum absolute atomic E-state index is 12.2. The summed E-state index contributed by atoms with van der Waals surface area (Å²) >= 11 is 5.87. The van der Waals surface area contributed by atoms with Gasteiger partial charge in [-0.25, -0.2) is 4.79 Å². The molecule has 0 bridgehead atoms. The highest BCUT2D eigenvalue weighted by Crippen LogP contribution is 2.32. The van der Waals surface area contributed by atoms with Crippen LogP contribution in [0.1, 0.15) is 17.6 Å². The molecule has 0 aliphatic rings. The van der Waals surface area contributed by atoms with Crippen molar-refractivity contribution in [3.8, 4) is 17.2 Å². The molecule has 1 aromatic carbocycles. The molecule has 1 heterocycles. The van der Waals surface area contributed by atoms with Crippen molar-refractivity contribution in [1.29, 1.82) is 0 Å².